The zero-order chi connectivity index (χ0) is 38.3. The van der Waals surface area contributed by atoms with E-state index in [0.717, 1.165) is 22.7 Å². The van der Waals surface area contributed by atoms with E-state index in [9.17, 15) is 0 Å². The number of nitrogens with zero attached hydrogens (tertiary/aromatic N) is 3. The van der Waals surface area contributed by atoms with Gasteiger partial charge in [-0.2, -0.15) is 0 Å². The van der Waals surface area contributed by atoms with Gasteiger partial charge in [-0.3, -0.25) is 0 Å². The van der Waals surface area contributed by atoms with Crippen molar-refractivity contribution < 1.29 is 0 Å². The van der Waals surface area contributed by atoms with Gasteiger partial charge in [0.1, 0.15) is 0 Å². The molecule has 3 heterocycles. The Labute approximate surface area is 336 Å². The second-order valence-corrected chi connectivity index (χ2v) is 16.5. The molecule has 3 nitrogen and oxygen atoms in total. The molecule has 13 rings (SSSR count). The Morgan fingerprint density at radius 1 is 0.414 bits per heavy atom. The van der Waals surface area contributed by atoms with Gasteiger partial charge in [-0.25, -0.2) is 0 Å². The number of rotatable bonds is 4. The number of benzene rings is 9. The molecule has 1 aliphatic heterocycles. The molecule has 9 aromatic carbocycles. The lowest BCUT2D eigenvalue weighted by Crippen LogP contribution is -2.17. The monoisotopic (exact) mass is 739 g/mol. The van der Waals surface area contributed by atoms with Crippen LogP contribution in [-0.4, -0.2) is 9.13 Å². The number of aromatic nitrogens is 2. The van der Waals surface area contributed by atoms with Gasteiger partial charge in [0.25, 0.3) is 0 Å². The molecule has 0 bridgehead atoms. The Balaban J connectivity index is 1.09. The summed E-state index contributed by atoms with van der Waals surface area (Å²) in [4.78, 5) is 2.49. The van der Waals surface area contributed by atoms with Gasteiger partial charge in [0, 0.05) is 60.5 Å². The van der Waals surface area contributed by atoms with Crippen molar-refractivity contribution in [2.45, 2.75) is 19.3 Å². The van der Waals surface area contributed by atoms with Crippen LogP contribution < -0.4 is 4.90 Å². The third-order valence-electron chi connectivity index (χ3n) is 13.2. The Kier molecular flexibility index (Phi) is 6.23. The number of anilines is 3. The lowest BCUT2D eigenvalue weighted by Gasteiger charge is -2.30. The van der Waals surface area contributed by atoms with Gasteiger partial charge in [0.05, 0.1) is 33.4 Å². The number of para-hydroxylation sites is 4. The van der Waals surface area contributed by atoms with Crippen LogP contribution in [-0.2, 0) is 5.41 Å². The maximum absolute atomic E-state index is 2.54. The zero-order valence-electron chi connectivity index (χ0n) is 32.2. The summed E-state index contributed by atoms with van der Waals surface area (Å²) < 4.78 is 4.94. The van der Waals surface area contributed by atoms with Crippen molar-refractivity contribution >= 4 is 71.4 Å². The number of hydrogen-bond donors (Lipinski definition) is 0. The van der Waals surface area contributed by atoms with E-state index in [1.807, 2.05) is 0 Å². The van der Waals surface area contributed by atoms with Crippen molar-refractivity contribution in [1.29, 1.82) is 0 Å². The molecule has 272 valence electrons. The second kappa shape index (κ2) is 11.4. The molecule has 3 heteroatoms. The summed E-state index contributed by atoms with van der Waals surface area (Å²) in [5.41, 5.74) is 18.6. The fourth-order valence-electron chi connectivity index (χ4n) is 10.6. The topological polar surface area (TPSA) is 13.1 Å². The third kappa shape index (κ3) is 4.07. The second-order valence-electron chi connectivity index (χ2n) is 16.5. The molecule has 0 N–H and O–H groups in total. The Morgan fingerprint density at radius 3 is 1.76 bits per heavy atom. The van der Waals surface area contributed by atoms with Gasteiger partial charge < -0.3 is 14.0 Å². The molecule has 0 fully saturated rings. The highest BCUT2D eigenvalue weighted by Crippen LogP contribution is 2.59. The summed E-state index contributed by atoms with van der Waals surface area (Å²) in [5, 5.41) is 7.58. The molecule has 1 aliphatic carbocycles. The van der Waals surface area contributed by atoms with E-state index < -0.39 is 0 Å². The molecule has 0 saturated carbocycles. The minimum atomic E-state index is -0.220. The molecule has 0 amide bonds. The van der Waals surface area contributed by atoms with Gasteiger partial charge in [0.2, 0.25) is 0 Å². The van der Waals surface area contributed by atoms with E-state index in [-0.39, 0.29) is 5.41 Å². The van der Waals surface area contributed by atoms with Crippen molar-refractivity contribution in [2.75, 3.05) is 4.90 Å². The van der Waals surface area contributed by atoms with E-state index >= 15 is 0 Å². The first kappa shape index (κ1) is 31.8. The lowest BCUT2D eigenvalue weighted by atomic mass is 9.81. The minimum absolute atomic E-state index is 0.220. The predicted octanol–water partition coefficient (Wildman–Crippen LogP) is 14.8. The van der Waals surface area contributed by atoms with E-state index in [2.05, 4.69) is 216 Å². The highest BCUT2D eigenvalue weighted by molar-refractivity contribution is 6.19. The first-order chi connectivity index (χ1) is 28.6. The van der Waals surface area contributed by atoms with Gasteiger partial charge in [-0.1, -0.05) is 135 Å². The summed E-state index contributed by atoms with van der Waals surface area (Å²) in [6, 6.07) is 69.8. The standard InChI is InChI=1S/C55H37N3/c1-55(2)45-31-30-43-41-19-7-11-23-50(41)58-51-24-12-8-20-42(51)44-32-37(33-46(55)52(44)53(45)54(43)58)56(47-25-13-15-34-14-3-4-16-38(34)47)35-26-28-36(29-27-35)57-48-21-9-5-17-39(48)40-18-6-10-22-49(40)57/h3-33H,1-2H3. The fraction of sp³-hybridized carbons (Fsp3) is 0.0545. The van der Waals surface area contributed by atoms with Crippen molar-refractivity contribution in [3.63, 3.8) is 0 Å². The van der Waals surface area contributed by atoms with Crippen LogP contribution >= 0.6 is 0 Å². The molecule has 0 atom stereocenters. The summed E-state index contributed by atoms with van der Waals surface area (Å²) in [5.74, 6) is 0. The van der Waals surface area contributed by atoms with Gasteiger partial charge in [0.15, 0.2) is 0 Å². The molecule has 58 heavy (non-hydrogen) atoms. The van der Waals surface area contributed by atoms with Crippen molar-refractivity contribution in [3.8, 4) is 33.6 Å². The average Bonchev–Trinajstić information content (AvgIpc) is 3.84. The van der Waals surface area contributed by atoms with Gasteiger partial charge >= 0.3 is 0 Å². The third-order valence-corrected chi connectivity index (χ3v) is 13.2. The Morgan fingerprint density at radius 2 is 1.02 bits per heavy atom. The molecule has 2 aromatic heterocycles. The SMILES string of the molecule is CC1(C)c2cc(N(c3ccc(-n4c5ccccc5c5ccccc54)cc3)c3cccc4ccccc34)cc3c2-c2c1ccc1c4ccccc4n(c21)-c1ccccc1-3. The molecule has 0 radical (unpaired) electrons. The zero-order valence-corrected chi connectivity index (χ0v) is 32.2. The first-order valence-corrected chi connectivity index (χ1v) is 20.3. The normalized spacial score (nSPS) is 13.5. The van der Waals surface area contributed by atoms with Crippen LogP contribution in [0, 0.1) is 0 Å². The summed E-state index contributed by atoms with van der Waals surface area (Å²) in [7, 11) is 0. The quantitative estimate of drug-likeness (QED) is 0.175. The predicted molar refractivity (Wildman–Crippen MR) is 244 cm³/mol. The summed E-state index contributed by atoms with van der Waals surface area (Å²) in [6.07, 6.45) is 0. The maximum atomic E-state index is 2.54. The molecular weight excluding hydrogens is 703 g/mol. The van der Waals surface area contributed by atoms with Gasteiger partial charge in [-0.05, 0) is 94.4 Å². The van der Waals surface area contributed by atoms with Crippen LogP contribution in [0.15, 0.2) is 188 Å². The smallest absolute Gasteiger partial charge is 0.0623 e. The molecule has 0 unspecified atom stereocenters. The number of hydrogen-bond acceptors (Lipinski definition) is 1. The minimum Gasteiger partial charge on any atom is -0.310 e. The largest absolute Gasteiger partial charge is 0.310 e. The molecule has 0 spiro atoms. The van der Waals surface area contributed by atoms with Crippen LogP contribution in [0.5, 0.6) is 0 Å². The molecule has 2 aliphatic rings. The van der Waals surface area contributed by atoms with Crippen LogP contribution in [0.2, 0.25) is 0 Å². The number of fused-ring (bicyclic) bond motifs is 10. The van der Waals surface area contributed by atoms with Crippen LogP contribution in [0.4, 0.5) is 17.1 Å². The first-order valence-electron chi connectivity index (χ1n) is 20.3. The lowest BCUT2D eigenvalue weighted by molar-refractivity contribution is 0.661. The van der Waals surface area contributed by atoms with E-state index in [1.165, 1.54) is 93.5 Å². The van der Waals surface area contributed by atoms with Crippen molar-refractivity contribution in [3.05, 3.63) is 199 Å². The molecule has 11 aromatic rings. The van der Waals surface area contributed by atoms with Crippen molar-refractivity contribution in [2.24, 2.45) is 0 Å². The highest BCUT2D eigenvalue weighted by Gasteiger charge is 2.42. The Hall–Kier alpha value is -7.36. The van der Waals surface area contributed by atoms with Gasteiger partial charge in [-0.15, -0.1) is 0 Å². The Bertz CT molecular complexity index is 3480. The average molecular weight is 740 g/mol. The molecule has 0 saturated heterocycles. The van der Waals surface area contributed by atoms with Crippen LogP contribution in [0.3, 0.4) is 0 Å². The van der Waals surface area contributed by atoms with Crippen molar-refractivity contribution in [1.82, 2.24) is 9.13 Å². The molecular formula is C55H37N3. The fourth-order valence-corrected chi connectivity index (χ4v) is 10.6. The van der Waals surface area contributed by atoms with E-state index in [1.54, 1.807) is 0 Å². The van der Waals surface area contributed by atoms with Crippen LogP contribution in [0.25, 0.3) is 88.0 Å². The van der Waals surface area contributed by atoms with Crippen LogP contribution in [0.1, 0.15) is 25.0 Å². The highest BCUT2D eigenvalue weighted by atomic mass is 15.1. The summed E-state index contributed by atoms with van der Waals surface area (Å²) in [6.45, 7) is 4.83. The summed E-state index contributed by atoms with van der Waals surface area (Å²) >= 11 is 0. The van der Waals surface area contributed by atoms with E-state index in [4.69, 9.17) is 0 Å². The van der Waals surface area contributed by atoms with E-state index in [0.29, 0.717) is 0 Å². The maximum Gasteiger partial charge on any atom is 0.0623 e.